The molecule has 0 amide bonds. The molecule has 3 aromatic rings. The largest absolute Gasteiger partial charge is 0.506 e. The topological polar surface area (TPSA) is 45.5 Å². The van der Waals surface area contributed by atoms with Crippen molar-refractivity contribution in [3.05, 3.63) is 63.3 Å². The number of phenolic OH excluding ortho intramolecular Hbond substituents is 1. The zero-order valence-electron chi connectivity index (χ0n) is 13.3. The molecule has 1 N–H and O–H groups in total. The molecule has 0 aliphatic heterocycles. The molecule has 0 atom stereocenters. The Labute approximate surface area is 143 Å². The predicted octanol–water partition coefficient (Wildman–Crippen LogP) is 5.38. The molecule has 23 heavy (non-hydrogen) atoms. The van der Waals surface area contributed by atoms with E-state index in [1.54, 1.807) is 6.21 Å². The third-order valence-electron chi connectivity index (χ3n) is 3.94. The molecule has 3 rings (SSSR count). The Kier molecular flexibility index (Phi) is 4.18. The maximum atomic E-state index is 10.2. The first-order valence-electron chi connectivity index (χ1n) is 7.36. The molecule has 3 nitrogen and oxygen atoms in total. The summed E-state index contributed by atoms with van der Waals surface area (Å²) in [5.74, 6) is 0.218. The molecule has 0 aliphatic carbocycles. The molecule has 1 heterocycles. The quantitative estimate of drug-likeness (QED) is 0.617. The van der Waals surface area contributed by atoms with Crippen LogP contribution in [0.5, 0.6) is 5.75 Å². The van der Waals surface area contributed by atoms with Crippen molar-refractivity contribution in [1.29, 1.82) is 0 Å². The van der Waals surface area contributed by atoms with Crippen molar-refractivity contribution in [3.8, 4) is 5.75 Å². The maximum absolute atomic E-state index is 10.2. The van der Waals surface area contributed by atoms with Crippen LogP contribution in [0.1, 0.15) is 22.4 Å². The number of benzene rings is 2. The molecule has 1 aromatic heterocycles. The van der Waals surface area contributed by atoms with E-state index in [1.165, 1.54) is 0 Å². The lowest BCUT2D eigenvalue weighted by Crippen LogP contribution is -1.90. The van der Waals surface area contributed by atoms with Gasteiger partial charge in [0.1, 0.15) is 5.75 Å². The Bertz CT molecular complexity index is 932. The van der Waals surface area contributed by atoms with Crippen molar-refractivity contribution < 1.29 is 5.11 Å². The fourth-order valence-corrected chi connectivity index (χ4v) is 2.97. The Morgan fingerprint density at radius 2 is 1.87 bits per heavy atom. The molecule has 0 aliphatic rings. The second kappa shape index (κ2) is 6.13. The van der Waals surface area contributed by atoms with E-state index in [4.69, 9.17) is 0 Å². The summed E-state index contributed by atoms with van der Waals surface area (Å²) >= 11 is 3.43. The van der Waals surface area contributed by atoms with Crippen LogP contribution in [-0.4, -0.2) is 16.3 Å². The van der Waals surface area contributed by atoms with Gasteiger partial charge in [0.05, 0.1) is 15.7 Å². The number of hydrogen-bond acceptors (Lipinski definition) is 3. The first kappa shape index (κ1) is 15.7. The van der Waals surface area contributed by atoms with Gasteiger partial charge in [-0.25, -0.2) is 0 Å². The monoisotopic (exact) mass is 368 g/mol. The van der Waals surface area contributed by atoms with Crippen molar-refractivity contribution in [1.82, 2.24) is 4.98 Å². The molecule has 0 spiro atoms. The highest BCUT2D eigenvalue weighted by molar-refractivity contribution is 9.10. The molecular weight excluding hydrogens is 352 g/mol. The number of aromatic nitrogens is 1. The normalized spacial score (nSPS) is 11.5. The predicted molar refractivity (Wildman–Crippen MR) is 99.0 cm³/mol. The van der Waals surface area contributed by atoms with Crippen LogP contribution in [0, 0.1) is 20.8 Å². The maximum Gasteiger partial charge on any atom is 0.138 e. The minimum Gasteiger partial charge on any atom is -0.506 e. The number of rotatable bonds is 2. The van der Waals surface area contributed by atoms with Crippen LogP contribution in [0.15, 0.2) is 45.9 Å². The smallest absolute Gasteiger partial charge is 0.138 e. The number of hydrogen-bond donors (Lipinski definition) is 1. The molecule has 0 bridgehead atoms. The molecule has 0 fully saturated rings. The number of aryl methyl sites for hydroxylation is 2. The van der Waals surface area contributed by atoms with Crippen molar-refractivity contribution in [2.24, 2.45) is 4.99 Å². The molecule has 2 aromatic carbocycles. The lowest BCUT2D eigenvalue weighted by molar-refractivity contribution is 0.470. The van der Waals surface area contributed by atoms with Crippen LogP contribution in [-0.2, 0) is 0 Å². The lowest BCUT2D eigenvalue weighted by atomic mass is 10.1. The van der Waals surface area contributed by atoms with Crippen LogP contribution in [0.4, 0.5) is 5.69 Å². The molecule has 0 radical (unpaired) electrons. The van der Waals surface area contributed by atoms with Gasteiger partial charge in [0.25, 0.3) is 0 Å². The van der Waals surface area contributed by atoms with Gasteiger partial charge in [-0.2, -0.15) is 0 Å². The Morgan fingerprint density at radius 1 is 1.09 bits per heavy atom. The number of phenols is 1. The highest BCUT2D eigenvalue weighted by Gasteiger charge is 2.09. The average Bonchev–Trinajstić information content (AvgIpc) is 2.55. The average molecular weight is 369 g/mol. The highest BCUT2D eigenvalue weighted by Crippen LogP contribution is 2.32. The number of aliphatic imine (C=N–C) groups is 1. The first-order chi connectivity index (χ1) is 11.0. The minimum absolute atomic E-state index is 0.218. The Hall–Kier alpha value is -2.20. The second-order valence-corrected chi connectivity index (χ2v) is 6.45. The summed E-state index contributed by atoms with van der Waals surface area (Å²) < 4.78 is 0.720. The van der Waals surface area contributed by atoms with Gasteiger partial charge in [-0.15, -0.1) is 0 Å². The van der Waals surface area contributed by atoms with E-state index in [2.05, 4.69) is 25.9 Å². The molecule has 0 saturated carbocycles. The van der Waals surface area contributed by atoms with Gasteiger partial charge in [0, 0.05) is 22.9 Å². The summed E-state index contributed by atoms with van der Waals surface area (Å²) in [7, 11) is 0. The van der Waals surface area contributed by atoms with Crippen molar-refractivity contribution >= 4 is 38.7 Å². The second-order valence-electron chi connectivity index (χ2n) is 5.66. The number of aromatic hydroxyl groups is 1. The first-order valence-corrected chi connectivity index (χ1v) is 8.15. The van der Waals surface area contributed by atoms with Gasteiger partial charge < -0.3 is 5.11 Å². The number of halogens is 1. The molecular formula is C19H17BrN2O. The van der Waals surface area contributed by atoms with E-state index in [0.29, 0.717) is 5.56 Å². The summed E-state index contributed by atoms with van der Waals surface area (Å²) in [6, 6.07) is 11.8. The van der Waals surface area contributed by atoms with E-state index in [9.17, 15) is 5.11 Å². The lowest BCUT2D eigenvalue weighted by Gasteiger charge is -2.08. The van der Waals surface area contributed by atoms with Gasteiger partial charge in [-0.1, -0.05) is 6.07 Å². The van der Waals surface area contributed by atoms with Gasteiger partial charge >= 0.3 is 0 Å². The van der Waals surface area contributed by atoms with E-state index in [0.717, 1.165) is 37.9 Å². The number of pyridine rings is 1. The van der Waals surface area contributed by atoms with Gasteiger partial charge in [-0.05, 0) is 78.2 Å². The molecule has 4 heteroatoms. The summed E-state index contributed by atoms with van der Waals surface area (Å²) in [6.07, 6.45) is 1.69. The third-order valence-corrected chi connectivity index (χ3v) is 4.91. The standard InChI is InChI=1S/C19H17BrN2O/c1-11-8-15(19(23)18(20)13(11)3)10-21-16-6-7-17-14(9-16)5-4-12(2)22-17/h4-10,23H,1-3H3. The van der Waals surface area contributed by atoms with E-state index in [-0.39, 0.29) is 5.75 Å². The number of nitrogens with zero attached hydrogens (tertiary/aromatic N) is 2. The van der Waals surface area contributed by atoms with Crippen LogP contribution >= 0.6 is 15.9 Å². The summed E-state index contributed by atoms with van der Waals surface area (Å²) in [5, 5.41) is 11.3. The summed E-state index contributed by atoms with van der Waals surface area (Å²) in [6.45, 7) is 5.96. The molecule has 116 valence electrons. The summed E-state index contributed by atoms with van der Waals surface area (Å²) in [4.78, 5) is 8.97. The fraction of sp³-hybridized carbons (Fsp3) is 0.158. The Balaban J connectivity index is 1.99. The SMILES string of the molecule is Cc1ccc2cc(N=Cc3cc(C)c(C)c(Br)c3O)ccc2n1. The zero-order valence-corrected chi connectivity index (χ0v) is 14.8. The van der Waals surface area contributed by atoms with Gasteiger partial charge in [0.15, 0.2) is 0 Å². The van der Waals surface area contributed by atoms with Crippen molar-refractivity contribution in [2.75, 3.05) is 0 Å². The zero-order chi connectivity index (χ0) is 16.6. The van der Waals surface area contributed by atoms with Gasteiger partial charge in [0.2, 0.25) is 0 Å². The van der Waals surface area contributed by atoms with Crippen molar-refractivity contribution in [2.45, 2.75) is 20.8 Å². The highest BCUT2D eigenvalue weighted by atomic mass is 79.9. The fourth-order valence-electron chi connectivity index (χ4n) is 2.42. The van der Waals surface area contributed by atoms with Crippen molar-refractivity contribution in [3.63, 3.8) is 0 Å². The number of fused-ring (bicyclic) bond motifs is 1. The van der Waals surface area contributed by atoms with Crippen LogP contribution in [0.3, 0.4) is 0 Å². The molecule has 0 unspecified atom stereocenters. The summed E-state index contributed by atoms with van der Waals surface area (Å²) in [5.41, 5.74) is 5.62. The minimum atomic E-state index is 0.218. The van der Waals surface area contributed by atoms with Gasteiger partial charge in [-0.3, -0.25) is 9.98 Å². The van der Waals surface area contributed by atoms with E-state index in [1.807, 2.05) is 57.2 Å². The van der Waals surface area contributed by atoms with E-state index >= 15 is 0 Å². The van der Waals surface area contributed by atoms with Crippen LogP contribution < -0.4 is 0 Å². The van der Waals surface area contributed by atoms with Crippen LogP contribution in [0.25, 0.3) is 10.9 Å². The van der Waals surface area contributed by atoms with E-state index < -0.39 is 0 Å². The van der Waals surface area contributed by atoms with Crippen LogP contribution in [0.2, 0.25) is 0 Å². The molecule has 0 saturated heterocycles. The Morgan fingerprint density at radius 3 is 2.65 bits per heavy atom. The third kappa shape index (κ3) is 3.13.